The standard InChI is InChI=1S/C14H28N2/c1-12(2)13-4-3-8-16(9-5-13)11-14(10-15)6-7-14/h12-13H,3-11,15H2,1-2H3. The van der Waals surface area contributed by atoms with Gasteiger partial charge in [0.05, 0.1) is 0 Å². The maximum Gasteiger partial charge on any atom is 0.00501 e. The molecule has 0 aromatic heterocycles. The molecule has 1 aliphatic carbocycles. The Balaban J connectivity index is 1.80. The highest BCUT2D eigenvalue weighted by atomic mass is 15.1. The molecule has 94 valence electrons. The molecular formula is C14H28N2. The summed E-state index contributed by atoms with van der Waals surface area (Å²) in [5.41, 5.74) is 6.40. The van der Waals surface area contributed by atoms with Crippen molar-refractivity contribution in [1.82, 2.24) is 4.90 Å². The molecule has 0 spiro atoms. The predicted octanol–water partition coefficient (Wildman–Crippen LogP) is 2.48. The Labute approximate surface area is 101 Å². The van der Waals surface area contributed by atoms with Gasteiger partial charge in [-0.15, -0.1) is 0 Å². The number of likely N-dealkylation sites (tertiary alicyclic amines) is 1. The summed E-state index contributed by atoms with van der Waals surface area (Å²) in [5, 5.41) is 0. The van der Waals surface area contributed by atoms with Crippen molar-refractivity contribution in [3.63, 3.8) is 0 Å². The van der Waals surface area contributed by atoms with Gasteiger partial charge in [-0.3, -0.25) is 0 Å². The molecule has 1 aliphatic heterocycles. The molecule has 0 aromatic rings. The maximum atomic E-state index is 5.87. The van der Waals surface area contributed by atoms with Crippen LogP contribution in [0, 0.1) is 17.3 Å². The highest BCUT2D eigenvalue weighted by Crippen LogP contribution is 2.45. The van der Waals surface area contributed by atoms with Crippen LogP contribution < -0.4 is 5.73 Å². The first kappa shape index (κ1) is 12.4. The van der Waals surface area contributed by atoms with Gasteiger partial charge in [-0.2, -0.15) is 0 Å². The highest BCUT2D eigenvalue weighted by Gasteiger charge is 2.42. The van der Waals surface area contributed by atoms with Crippen LogP contribution >= 0.6 is 0 Å². The predicted molar refractivity (Wildman–Crippen MR) is 69.3 cm³/mol. The topological polar surface area (TPSA) is 29.3 Å². The van der Waals surface area contributed by atoms with Gasteiger partial charge in [0.15, 0.2) is 0 Å². The SMILES string of the molecule is CC(C)C1CCCN(CC2(CN)CC2)CC1. The van der Waals surface area contributed by atoms with Crippen molar-refractivity contribution < 1.29 is 0 Å². The first-order valence-corrected chi connectivity index (χ1v) is 7.08. The Bertz CT molecular complexity index is 221. The Morgan fingerprint density at radius 1 is 1.25 bits per heavy atom. The fraction of sp³-hybridized carbons (Fsp3) is 1.00. The summed E-state index contributed by atoms with van der Waals surface area (Å²) in [5.74, 6) is 1.82. The monoisotopic (exact) mass is 224 g/mol. The van der Waals surface area contributed by atoms with Crippen LogP contribution in [-0.4, -0.2) is 31.1 Å². The third-order valence-electron chi connectivity index (χ3n) is 4.76. The minimum atomic E-state index is 0.525. The van der Waals surface area contributed by atoms with Crippen molar-refractivity contribution >= 4 is 0 Å². The molecule has 2 N–H and O–H groups in total. The van der Waals surface area contributed by atoms with E-state index >= 15 is 0 Å². The Morgan fingerprint density at radius 2 is 2.00 bits per heavy atom. The summed E-state index contributed by atoms with van der Waals surface area (Å²) >= 11 is 0. The van der Waals surface area contributed by atoms with Gasteiger partial charge in [0.1, 0.15) is 0 Å². The van der Waals surface area contributed by atoms with E-state index < -0.39 is 0 Å². The van der Waals surface area contributed by atoms with E-state index in [4.69, 9.17) is 5.73 Å². The zero-order valence-corrected chi connectivity index (χ0v) is 11.0. The minimum Gasteiger partial charge on any atom is -0.330 e. The first-order valence-electron chi connectivity index (χ1n) is 7.08. The molecule has 0 bridgehead atoms. The van der Waals surface area contributed by atoms with E-state index in [2.05, 4.69) is 18.7 Å². The normalized spacial score (nSPS) is 30.4. The van der Waals surface area contributed by atoms with E-state index in [-0.39, 0.29) is 0 Å². The molecule has 16 heavy (non-hydrogen) atoms. The van der Waals surface area contributed by atoms with Crippen molar-refractivity contribution in [2.24, 2.45) is 23.0 Å². The van der Waals surface area contributed by atoms with Crippen molar-refractivity contribution in [2.45, 2.75) is 46.0 Å². The van der Waals surface area contributed by atoms with Crippen molar-refractivity contribution in [1.29, 1.82) is 0 Å². The molecule has 2 aliphatic rings. The number of nitrogens with two attached hydrogens (primary N) is 1. The van der Waals surface area contributed by atoms with Gasteiger partial charge >= 0.3 is 0 Å². The molecule has 2 rings (SSSR count). The van der Waals surface area contributed by atoms with Crippen LogP contribution in [0.1, 0.15) is 46.0 Å². The lowest BCUT2D eigenvalue weighted by Gasteiger charge is -2.25. The van der Waals surface area contributed by atoms with E-state index in [1.165, 1.54) is 51.7 Å². The molecule has 2 heteroatoms. The van der Waals surface area contributed by atoms with Gasteiger partial charge in [0.25, 0.3) is 0 Å². The van der Waals surface area contributed by atoms with Gasteiger partial charge in [0, 0.05) is 6.54 Å². The number of rotatable bonds is 4. The van der Waals surface area contributed by atoms with Crippen molar-refractivity contribution in [3.05, 3.63) is 0 Å². The molecule has 1 saturated carbocycles. The molecular weight excluding hydrogens is 196 g/mol. The van der Waals surface area contributed by atoms with Gasteiger partial charge in [0.2, 0.25) is 0 Å². The fourth-order valence-electron chi connectivity index (χ4n) is 3.08. The summed E-state index contributed by atoms with van der Waals surface area (Å²) in [6, 6.07) is 0. The molecule has 1 unspecified atom stereocenters. The van der Waals surface area contributed by atoms with Gasteiger partial charge in [-0.1, -0.05) is 13.8 Å². The Hall–Kier alpha value is -0.0800. The average Bonchev–Trinajstić information content (AvgIpc) is 3.04. The molecule has 0 amide bonds. The third kappa shape index (κ3) is 2.98. The molecule has 1 heterocycles. The third-order valence-corrected chi connectivity index (χ3v) is 4.76. The zero-order chi connectivity index (χ0) is 11.6. The van der Waals surface area contributed by atoms with Crippen LogP contribution in [0.15, 0.2) is 0 Å². The van der Waals surface area contributed by atoms with Crippen LogP contribution in [0.3, 0.4) is 0 Å². The molecule has 0 radical (unpaired) electrons. The number of hydrogen-bond donors (Lipinski definition) is 1. The lowest BCUT2D eigenvalue weighted by atomic mass is 9.89. The van der Waals surface area contributed by atoms with Crippen LogP contribution in [0.5, 0.6) is 0 Å². The second kappa shape index (κ2) is 5.05. The Morgan fingerprint density at radius 3 is 2.56 bits per heavy atom. The maximum absolute atomic E-state index is 5.87. The fourth-order valence-corrected chi connectivity index (χ4v) is 3.08. The molecule has 2 fully saturated rings. The molecule has 0 aromatic carbocycles. The van der Waals surface area contributed by atoms with E-state index in [1.54, 1.807) is 0 Å². The van der Waals surface area contributed by atoms with Crippen LogP contribution in [0.2, 0.25) is 0 Å². The van der Waals surface area contributed by atoms with Gasteiger partial charge in [-0.05, 0) is 69.0 Å². The second-order valence-electron chi connectivity index (χ2n) is 6.42. The van der Waals surface area contributed by atoms with Crippen molar-refractivity contribution in [3.8, 4) is 0 Å². The quantitative estimate of drug-likeness (QED) is 0.795. The molecule has 1 saturated heterocycles. The Kier molecular flexibility index (Phi) is 3.91. The summed E-state index contributed by atoms with van der Waals surface area (Å²) in [4.78, 5) is 2.68. The second-order valence-corrected chi connectivity index (χ2v) is 6.42. The number of nitrogens with zero attached hydrogens (tertiary/aromatic N) is 1. The largest absolute Gasteiger partial charge is 0.330 e. The highest BCUT2D eigenvalue weighted by molar-refractivity contribution is 4.96. The van der Waals surface area contributed by atoms with E-state index in [0.717, 1.165) is 18.4 Å². The summed E-state index contributed by atoms with van der Waals surface area (Å²) in [6.07, 6.45) is 6.97. The average molecular weight is 224 g/mol. The van der Waals surface area contributed by atoms with Gasteiger partial charge in [-0.25, -0.2) is 0 Å². The van der Waals surface area contributed by atoms with E-state index in [0.29, 0.717) is 5.41 Å². The van der Waals surface area contributed by atoms with E-state index in [9.17, 15) is 0 Å². The van der Waals surface area contributed by atoms with Crippen molar-refractivity contribution in [2.75, 3.05) is 26.2 Å². The zero-order valence-electron chi connectivity index (χ0n) is 11.0. The lowest BCUT2D eigenvalue weighted by Crippen LogP contribution is -2.35. The lowest BCUT2D eigenvalue weighted by molar-refractivity contribution is 0.223. The molecule has 1 atom stereocenters. The smallest absolute Gasteiger partial charge is 0.00501 e. The number of hydrogen-bond acceptors (Lipinski definition) is 2. The summed E-state index contributed by atoms with van der Waals surface area (Å²) in [7, 11) is 0. The van der Waals surface area contributed by atoms with Crippen LogP contribution in [0.25, 0.3) is 0 Å². The van der Waals surface area contributed by atoms with E-state index in [1.807, 2.05) is 0 Å². The minimum absolute atomic E-state index is 0.525. The summed E-state index contributed by atoms with van der Waals surface area (Å²) in [6.45, 7) is 9.55. The molecule has 2 nitrogen and oxygen atoms in total. The summed E-state index contributed by atoms with van der Waals surface area (Å²) < 4.78 is 0. The first-order chi connectivity index (χ1) is 7.65. The van der Waals surface area contributed by atoms with Gasteiger partial charge < -0.3 is 10.6 Å². The van der Waals surface area contributed by atoms with Crippen LogP contribution in [0.4, 0.5) is 0 Å². The van der Waals surface area contributed by atoms with Crippen LogP contribution in [-0.2, 0) is 0 Å².